The van der Waals surface area contributed by atoms with Crippen LogP contribution in [0.4, 0.5) is 0 Å². The number of carbonyl (C=O) groups excluding carboxylic acids is 3. The van der Waals surface area contributed by atoms with Crippen molar-refractivity contribution in [3.8, 4) is 0 Å². The van der Waals surface area contributed by atoms with Gasteiger partial charge in [0.1, 0.15) is 5.58 Å². The number of hydrogen-bond acceptors (Lipinski definition) is 4. The lowest BCUT2D eigenvalue weighted by Gasteiger charge is -2.19. The van der Waals surface area contributed by atoms with Crippen LogP contribution < -0.4 is 11.5 Å². The molecule has 4 N–H and O–H groups in total. The fourth-order valence-electron chi connectivity index (χ4n) is 3.17. The number of fused-ring (bicyclic) bond motifs is 2. The zero-order valence-electron chi connectivity index (χ0n) is 13.2. The molecule has 1 aliphatic rings. The summed E-state index contributed by atoms with van der Waals surface area (Å²) in [7, 11) is 0. The molecule has 0 saturated carbocycles. The summed E-state index contributed by atoms with van der Waals surface area (Å²) < 4.78 is 5.56. The van der Waals surface area contributed by atoms with Gasteiger partial charge in [0.15, 0.2) is 0 Å². The molecule has 126 valence electrons. The molecule has 1 aromatic carbocycles. The van der Waals surface area contributed by atoms with Crippen molar-refractivity contribution < 1.29 is 18.8 Å². The zero-order valence-corrected chi connectivity index (χ0v) is 13.2. The van der Waals surface area contributed by atoms with Crippen molar-refractivity contribution in [2.75, 3.05) is 13.1 Å². The third-order valence-corrected chi connectivity index (χ3v) is 4.26. The number of aryl methyl sites for hydroxylation is 2. The van der Waals surface area contributed by atoms with Crippen LogP contribution in [0.5, 0.6) is 0 Å². The average Bonchev–Trinajstić information content (AvgIpc) is 3.10. The van der Waals surface area contributed by atoms with Gasteiger partial charge in [0.05, 0.1) is 25.8 Å². The molecule has 0 saturated heterocycles. The number of furan rings is 1. The molecule has 7 nitrogen and oxygen atoms in total. The summed E-state index contributed by atoms with van der Waals surface area (Å²) in [5.41, 5.74) is 14.3. The monoisotopic (exact) mass is 329 g/mol. The third-order valence-electron chi connectivity index (χ3n) is 4.26. The van der Waals surface area contributed by atoms with Crippen LogP contribution in [0.2, 0.25) is 0 Å². The molecule has 7 heteroatoms. The second-order valence-corrected chi connectivity index (χ2v) is 6.09. The van der Waals surface area contributed by atoms with Gasteiger partial charge in [-0.2, -0.15) is 0 Å². The number of hydrogen-bond donors (Lipinski definition) is 2. The van der Waals surface area contributed by atoms with E-state index in [4.69, 9.17) is 15.9 Å². The predicted molar refractivity (Wildman–Crippen MR) is 86.9 cm³/mol. The molecule has 1 aliphatic carbocycles. The van der Waals surface area contributed by atoms with Gasteiger partial charge in [-0.15, -0.1) is 0 Å². The van der Waals surface area contributed by atoms with Crippen LogP contribution in [-0.4, -0.2) is 35.7 Å². The summed E-state index contributed by atoms with van der Waals surface area (Å²) in [6, 6.07) is 4.09. The Bertz CT molecular complexity index is 809. The molecule has 0 spiro atoms. The Kier molecular flexibility index (Phi) is 4.24. The molecule has 1 aromatic heterocycles. The normalized spacial score (nSPS) is 13.0. The van der Waals surface area contributed by atoms with E-state index in [-0.39, 0.29) is 19.5 Å². The van der Waals surface area contributed by atoms with E-state index < -0.39 is 17.7 Å². The minimum Gasteiger partial charge on any atom is -0.464 e. The topological polar surface area (TPSA) is 120 Å². The second-order valence-electron chi connectivity index (χ2n) is 6.09. The molecule has 3 rings (SSSR count). The molecule has 3 amide bonds. The van der Waals surface area contributed by atoms with Crippen LogP contribution in [0.1, 0.15) is 23.1 Å². The Hall–Kier alpha value is -2.83. The number of nitrogens with two attached hydrogens (primary N) is 2. The van der Waals surface area contributed by atoms with E-state index in [1.54, 1.807) is 6.26 Å². The molecular weight excluding hydrogens is 310 g/mol. The van der Waals surface area contributed by atoms with Crippen molar-refractivity contribution in [2.24, 2.45) is 11.5 Å². The van der Waals surface area contributed by atoms with E-state index in [0.29, 0.717) is 0 Å². The molecule has 24 heavy (non-hydrogen) atoms. The maximum absolute atomic E-state index is 12.4. The smallest absolute Gasteiger partial charge is 0.237 e. The molecule has 0 radical (unpaired) electrons. The Morgan fingerprint density at radius 2 is 1.67 bits per heavy atom. The maximum atomic E-state index is 12.4. The van der Waals surface area contributed by atoms with Crippen molar-refractivity contribution in [1.82, 2.24) is 4.90 Å². The third kappa shape index (κ3) is 3.24. The van der Waals surface area contributed by atoms with Crippen molar-refractivity contribution in [1.29, 1.82) is 0 Å². The zero-order chi connectivity index (χ0) is 17.3. The van der Waals surface area contributed by atoms with Gasteiger partial charge in [-0.25, -0.2) is 0 Å². The molecule has 0 aliphatic heterocycles. The van der Waals surface area contributed by atoms with Gasteiger partial charge >= 0.3 is 0 Å². The molecule has 1 heterocycles. The first kappa shape index (κ1) is 16.0. The van der Waals surface area contributed by atoms with E-state index in [2.05, 4.69) is 6.07 Å². The van der Waals surface area contributed by atoms with Crippen LogP contribution in [-0.2, 0) is 33.6 Å². The van der Waals surface area contributed by atoms with E-state index >= 15 is 0 Å². The fourth-order valence-corrected chi connectivity index (χ4v) is 3.17. The highest BCUT2D eigenvalue weighted by molar-refractivity contribution is 5.92. The maximum Gasteiger partial charge on any atom is 0.237 e. The molecular formula is C17H19N3O4. The summed E-state index contributed by atoms with van der Waals surface area (Å²) in [6.07, 6.45) is 4.77. The average molecular weight is 329 g/mol. The fraction of sp³-hybridized carbons (Fsp3) is 0.353. The Morgan fingerprint density at radius 3 is 2.29 bits per heavy atom. The van der Waals surface area contributed by atoms with E-state index in [1.165, 1.54) is 11.1 Å². The Morgan fingerprint density at radius 1 is 1.04 bits per heavy atom. The number of carbonyl (C=O) groups is 3. The highest BCUT2D eigenvalue weighted by atomic mass is 16.3. The lowest BCUT2D eigenvalue weighted by molar-refractivity contribution is -0.137. The van der Waals surface area contributed by atoms with E-state index in [9.17, 15) is 14.4 Å². The molecule has 0 atom stereocenters. The van der Waals surface area contributed by atoms with Crippen LogP contribution in [0.25, 0.3) is 11.0 Å². The lowest BCUT2D eigenvalue weighted by atomic mass is 10.0. The van der Waals surface area contributed by atoms with Crippen LogP contribution >= 0.6 is 0 Å². The van der Waals surface area contributed by atoms with Gasteiger partial charge in [0.25, 0.3) is 0 Å². The number of primary amides is 2. The molecule has 2 aromatic rings. The summed E-state index contributed by atoms with van der Waals surface area (Å²) in [5, 5.41) is 0.891. The molecule has 0 fully saturated rings. The first-order valence-electron chi connectivity index (χ1n) is 7.80. The first-order chi connectivity index (χ1) is 11.4. The van der Waals surface area contributed by atoms with Gasteiger partial charge < -0.3 is 20.8 Å². The summed E-state index contributed by atoms with van der Waals surface area (Å²) in [4.78, 5) is 35.7. The molecule has 0 bridgehead atoms. The van der Waals surface area contributed by atoms with Gasteiger partial charge in [-0.05, 0) is 42.5 Å². The van der Waals surface area contributed by atoms with E-state index in [1.807, 2.05) is 6.07 Å². The number of rotatable bonds is 6. The molecule has 0 unspecified atom stereocenters. The first-order valence-corrected chi connectivity index (χ1v) is 7.80. The summed E-state index contributed by atoms with van der Waals surface area (Å²) in [5.74, 6) is -1.78. The van der Waals surface area contributed by atoms with Gasteiger partial charge in [0.2, 0.25) is 17.7 Å². The standard InChI is InChI=1S/C17H19N3O4/c18-15(21)7-20(8-16(19)22)17(23)6-12-9-24-14-5-11-3-1-2-10(11)4-13(12)14/h4-5,9H,1-3,6-8H2,(H2,18,21)(H2,19,22). The van der Waals surface area contributed by atoms with Crippen LogP contribution in [0.3, 0.4) is 0 Å². The van der Waals surface area contributed by atoms with Crippen molar-refractivity contribution in [3.05, 3.63) is 35.1 Å². The van der Waals surface area contributed by atoms with Crippen molar-refractivity contribution in [3.63, 3.8) is 0 Å². The van der Waals surface area contributed by atoms with E-state index in [0.717, 1.165) is 40.7 Å². The van der Waals surface area contributed by atoms with Gasteiger partial charge in [-0.1, -0.05) is 0 Å². The summed E-state index contributed by atoms with van der Waals surface area (Å²) >= 11 is 0. The lowest BCUT2D eigenvalue weighted by Crippen LogP contribution is -2.43. The van der Waals surface area contributed by atoms with Crippen LogP contribution in [0.15, 0.2) is 22.8 Å². The largest absolute Gasteiger partial charge is 0.464 e. The second kappa shape index (κ2) is 6.35. The van der Waals surface area contributed by atoms with Crippen LogP contribution in [0, 0.1) is 0 Å². The number of nitrogens with zero attached hydrogens (tertiary/aromatic N) is 1. The number of amides is 3. The number of benzene rings is 1. The Balaban J connectivity index is 1.83. The predicted octanol–water partition coefficient (Wildman–Crippen LogP) is 0.263. The van der Waals surface area contributed by atoms with Crippen molar-refractivity contribution in [2.45, 2.75) is 25.7 Å². The highest BCUT2D eigenvalue weighted by Gasteiger charge is 2.21. The van der Waals surface area contributed by atoms with Gasteiger partial charge in [-0.3, -0.25) is 14.4 Å². The minimum absolute atomic E-state index is 0.0202. The van der Waals surface area contributed by atoms with Crippen molar-refractivity contribution >= 4 is 28.7 Å². The minimum atomic E-state index is -0.695. The van der Waals surface area contributed by atoms with Gasteiger partial charge in [0, 0.05) is 10.9 Å². The quantitative estimate of drug-likeness (QED) is 0.790. The highest BCUT2D eigenvalue weighted by Crippen LogP contribution is 2.30. The summed E-state index contributed by atoms with van der Waals surface area (Å²) in [6.45, 7) is -0.681. The SMILES string of the molecule is NC(=O)CN(CC(N)=O)C(=O)Cc1coc2cc3c(cc12)CCC3. The Labute approximate surface area is 138 Å².